The third-order valence-electron chi connectivity index (χ3n) is 2.18. The highest BCUT2D eigenvalue weighted by Gasteiger charge is 2.33. The van der Waals surface area contributed by atoms with E-state index in [2.05, 4.69) is 5.32 Å². The number of carboxylic acid groups (broad SMARTS) is 1. The maximum Gasteiger partial charge on any atom is 0.323 e. The van der Waals surface area contributed by atoms with Crippen molar-refractivity contribution in [1.29, 1.82) is 0 Å². The third-order valence-corrected chi connectivity index (χ3v) is 3.06. The van der Waals surface area contributed by atoms with Crippen molar-refractivity contribution in [1.82, 2.24) is 10.2 Å². The van der Waals surface area contributed by atoms with Crippen molar-refractivity contribution in [3.63, 3.8) is 0 Å². The summed E-state index contributed by atoms with van der Waals surface area (Å²) in [7, 11) is 0. The van der Waals surface area contributed by atoms with E-state index in [1.807, 2.05) is 0 Å². The molecular weight excluding hydrogens is 232 g/mol. The van der Waals surface area contributed by atoms with Gasteiger partial charge < -0.3 is 15.3 Å². The molecule has 1 saturated heterocycles. The molecule has 2 amide bonds. The summed E-state index contributed by atoms with van der Waals surface area (Å²) in [6.07, 6.45) is 0. The minimum absolute atomic E-state index is 0.203. The van der Waals surface area contributed by atoms with Crippen molar-refractivity contribution in [3.05, 3.63) is 0 Å². The Balaban J connectivity index is 2.67. The van der Waals surface area contributed by atoms with Gasteiger partial charge in [0.1, 0.15) is 12.6 Å². The zero-order valence-electron chi connectivity index (χ0n) is 9.10. The van der Waals surface area contributed by atoms with Crippen LogP contribution in [-0.2, 0) is 9.59 Å². The van der Waals surface area contributed by atoms with Gasteiger partial charge in [-0.3, -0.25) is 14.4 Å². The van der Waals surface area contributed by atoms with Crippen molar-refractivity contribution in [2.75, 3.05) is 12.3 Å². The van der Waals surface area contributed by atoms with Crippen LogP contribution in [0.4, 0.5) is 4.79 Å². The summed E-state index contributed by atoms with van der Waals surface area (Å²) in [6.45, 7) is 3.14. The highest BCUT2D eigenvalue weighted by molar-refractivity contribution is 8.14. The van der Waals surface area contributed by atoms with Gasteiger partial charge >= 0.3 is 5.97 Å². The summed E-state index contributed by atoms with van der Waals surface area (Å²) in [5.74, 6) is -1.03. The van der Waals surface area contributed by atoms with E-state index in [0.717, 1.165) is 11.8 Å². The smallest absolute Gasteiger partial charge is 0.323 e. The SMILES string of the molecule is CC(C)N(CC(=O)O)C(=O)C1CSC(=O)N1. The van der Waals surface area contributed by atoms with Gasteiger partial charge in [-0.25, -0.2) is 0 Å². The molecule has 1 aliphatic rings. The lowest BCUT2D eigenvalue weighted by Crippen LogP contribution is -2.50. The van der Waals surface area contributed by atoms with E-state index in [9.17, 15) is 14.4 Å². The highest BCUT2D eigenvalue weighted by Crippen LogP contribution is 2.15. The molecule has 6 nitrogen and oxygen atoms in total. The number of rotatable bonds is 4. The molecule has 1 heterocycles. The number of nitrogens with zero attached hydrogens (tertiary/aromatic N) is 1. The Morgan fingerprint density at radius 3 is 2.62 bits per heavy atom. The maximum atomic E-state index is 11.9. The van der Waals surface area contributed by atoms with E-state index in [1.54, 1.807) is 13.8 Å². The van der Waals surface area contributed by atoms with Gasteiger partial charge in [0, 0.05) is 11.8 Å². The number of hydrogen-bond acceptors (Lipinski definition) is 4. The lowest BCUT2D eigenvalue weighted by Gasteiger charge is -2.27. The first-order valence-corrected chi connectivity index (χ1v) is 5.86. The van der Waals surface area contributed by atoms with Crippen molar-refractivity contribution in [2.24, 2.45) is 0 Å². The van der Waals surface area contributed by atoms with Crippen LogP contribution in [0.5, 0.6) is 0 Å². The minimum atomic E-state index is -1.06. The Labute approximate surface area is 97.4 Å². The second kappa shape index (κ2) is 5.20. The molecule has 0 aromatic heterocycles. The predicted molar refractivity (Wildman–Crippen MR) is 59.3 cm³/mol. The second-order valence-electron chi connectivity index (χ2n) is 3.75. The van der Waals surface area contributed by atoms with Gasteiger partial charge in [0.15, 0.2) is 0 Å². The van der Waals surface area contributed by atoms with Crippen LogP contribution in [0.15, 0.2) is 0 Å². The van der Waals surface area contributed by atoms with Crippen LogP contribution in [0.25, 0.3) is 0 Å². The number of carboxylic acids is 1. The molecule has 0 saturated carbocycles. The Hall–Kier alpha value is -1.24. The lowest BCUT2D eigenvalue weighted by atomic mass is 10.2. The van der Waals surface area contributed by atoms with Crippen LogP contribution in [0.1, 0.15) is 13.8 Å². The lowest BCUT2D eigenvalue weighted by molar-refractivity contribution is -0.146. The van der Waals surface area contributed by atoms with Gasteiger partial charge in [-0.15, -0.1) is 0 Å². The predicted octanol–water partition coefficient (Wildman–Crippen LogP) is 0.133. The molecule has 1 atom stereocenters. The number of carbonyl (C=O) groups excluding carboxylic acids is 2. The summed E-state index contributed by atoms with van der Waals surface area (Å²) in [5, 5.41) is 11.0. The van der Waals surface area contributed by atoms with E-state index >= 15 is 0 Å². The molecule has 0 aromatic rings. The molecule has 1 aliphatic heterocycles. The highest BCUT2D eigenvalue weighted by atomic mass is 32.2. The number of amides is 2. The van der Waals surface area contributed by atoms with Crippen LogP contribution in [0.2, 0.25) is 0 Å². The van der Waals surface area contributed by atoms with E-state index in [-0.39, 0.29) is 23.7 Å². The summed E-state index contributed by atoms with van der Waals surface area (Å²) in [6, 6.07) is -0.801. The van der Waals surface area contributed by atoms with Crippen molar-refractivity contribution in [3.8, 4) is 0 Å². The first-order valence-electron chi connectivity index (χ1n) is 4.87. The first-order chi connectivity index (χ1) is 7.41. The molecule has 0 aromatic carbocycles. The first kappa shape index (κ1) is 12.8. The molecule has 0 spiro atoms. The molecule has 90 valence electrons. The monoisotopic (exact) mass is 246 g/mol. The average Bonchev–Trinajstić information content (AvgIpc) is 2.59. The molecule has 0 bridgehead atoms. The molecule has 16 heavy (non-hydrogen) atoms. The minimum Gasteiger partial charge on any atom is -0.480 e. The van der Waals surface area contributed by atoms with Crippen molar-refractivity contribution >= 4 is 28.9 Å². The van der Waals surface area contributed by atoms with Gasteiger partial charge in [0.2, 0.25) is 5.91 Å². The second-order valence-corrected chi connectivity index (χ2v) is 4.74. The quantitative estimate of drug-likeness (QED) is 0.736. The average molecular weight is 246 g/mol. The summed E-state index contributed by atoms with van der Waals surface area (Å²) in [5.41, 5.74) is 0. The Kier molecular flexibility index (Phi) is 4.17. The number of nitrogens with one attached hydrogen (secondary N) is 1. The van der Waals surface area contributed by atoms with Crippen LogP contribution < -0.4 is 5.32 Å². The van der Waals surface area contributed by atoms with Crippen LogP contribution in [0.3, 0.4) is 0 Å². The molecule has 0 aliphatic carbocycles. The number of hydrogen-bond donors (Lipinski definition) is 2. The Morgan fingerprint density at radius 2 is 2.25 bits per heavy atom. The van der Waals surface area contributed by atoms with Gasteiger partial charge in [-0.1, -0.05) is 11.8 Å². The molecule has 1 rings (SSSR count). The zero-order chi connectivity index (χ0) is 12.3. The van der Waals surface area contributed by atoms with E-state index in [0.29, 0.717) is 5.75 Å². The molecule has 7 heteroatoms. The van der Waals surface area contributed by atoms with E-state index < -0.39 is 12.0 Å². The van der Waals surface area contributed by atoms with Crippen LogP contribution in [-0.4, -0.2) is 51.5 Å². The van der Waals surface area contributed by atoms with Crippen LogP contribution >= 0.6 is 11.8 Å². The molecule has 1 fully saturated rings. The normalized spacial score (nSPS) is 19.7. The third kappa shape index (κ3) is 3.13. The standard InChI is InChI=1S/C9H14N2O4S/c1-5(2)11(3-7(12)13)8(14)6-4-16-9(15)10-6/h5-6H,3-4H2,1-2H3,(H,10,15)(H,12,13). The molecular formula is C9H14N2O4S. The van der Waals surface area contributed by atoms with Gasteiger partial charge in [0.25, 0.3) is 5.24 Å². The Morgan fingerprint density at radius 1 is 1.62 bits per heavy atom. The molecule has 1 unspecified atom stereocenters. The zero-order valence-corrected chi connectivity index (χ0v) is 9.91. The summed E-state index contributed by atoms with van der Waals surface area (Å²) >= 11 is 1.04. The fourth-order valence-corrected chi connectivity index (χ4v) is 2.15. The number of thioether (sulfide) groups is 1. The fourth-order valence-electron chi connectivity index (χ4n) is 1.38. The van der Waals surface area contributed by atoms with Crippen molar-refractivity contribution < 1.29 is 19.5 Å². The summed E-state index contributed by atoms with van der Waals surface area (Å²) < 4.78 is 0. The van der Waals surface area contributed by atoms with E-state index in [1.165, 1.54) is 4.90 Å². The van der Waals surface area contributed by atoms with Gasteiger partial charge in [-0.2, -0.15) is 0 Å². The van der Waals surface area contributed by atoms with Gasteiger partial charge in [0.05, 0.1) is 0 Å². The number of carbonyl (C=O) groups is 3. The molecule has 2 N–H and O–H groups in total. The largest absolute Gasteiger partial charge is 0.480 e. The molecule has 0 radical (unpaired) electrons. The maximum absolute atomic E-state index is 11.9. The van der Waals surface area contributed by atoms with Crippen molar-refractivity contribution in [2.45, 2.75) is 25.9 Å². The summed E-state index contributed by atoms with van der Waals surface area (Å²) in [4.78, 5) is 34.7. The van der Waals surface area contributed by atoms with Crippen LogP contribution in [0, 0.1) is 0 Å². The fraction of sp³-hybridized carbons (Fsp3) is 0.667. The van der Waals surface area contributed by atoms with E-state index in [4.69, 9.17) is 5.11 Å². The topological polar surface area (TPSA) is 86.7 Å². The number of aliphatic carboxylic acids is 1. The van der Waals surface area contributed by atoms with Gasteiger partial charge in [-0.05, 0) is 13.8 Å². The Bertz CT molecular complexity index is 319.